The van der Waals surface area contributed by atoms with E-state index in [4.69, 9.17) is 5.73 Å². The van der Waals surface area contributed by atoms with E-state index in [2.05, 4.69) is 24.8 Å². The molecule has 1 saturated heterocycles. The molecule has 122 valence electrons. The summed E-state index contributed by atoms with van der Waals surface area (Å²) in [4.78, 5) is 29.8. The third-order valence-corrected chi connectivity index (χ3v) is 4.66. The number of H-pyrrole nitrogens is 1. The number of imidazole rings is 1. The molecule has 0 bridgehead atoms. The molecule has 3 aromatic rings. The number of piperidine rings is 1. The molecule has 0 saturated carbocycles. The van der Waals surface area contributed by atoms with E-state index < -0.39 is 0 Å². The van der Waals surface area contributed by atoms with Crippen LogP contribution < -0.4 is 10.6 Å². The van der Waals surface area contributed by atoms with E-state index in [1.54, 1.807) is 12.7 Å². The van der Waals surface area contributed by atoms with Crippen molar-refractivity contribution in [2.75, 3.05) is 18.0 Å². The predicted molar refractivity (Wildman–Crippen MR) is 90.8 cm³/mol. The van der Waals surface area contributed by atoms with E-state index in [1.807, 2.05) is 24.3 Å². The number of nitrogens with zero attached hydrogens (tertiary/aromatic N) is 4. The van der Waals surface area contributed by atoms with Crippen molar-refractivity contribution >= 4 is 22.9 Å². The summed E-state index contributed by atoms with van der Waals surface area (Å²) in [5.74, 6) is 0.867. The van der Waals surface area contributed by atoms with Crippen LogP contribution in [0.3, 0.4) is 0 Å². The second kappa shape index (κ2) is 5.92. The van der Waals surface area contributed by atoms with Crippen molar-refractivity contribution in [3.05, 3.63) is 48.0 Å². The van der Waals surface area contributed by atoms with Crippen LogP contribution in [-0.4, -0.2) is 38.9 Å². The highest BCUT2D eigenvalue weighted by Gasteiger charge is 2.25. The number of nitrogens with two attached hydrogens (primary N) is 1. The number of aromatic amines is 1. The average Bonchev–Trinajstić information content (AvgIpc) is 3.10. The van der Waals surface area contributed by atoms with Gasteiger partial charge in [0.05, 0.1) is 6.33 Å². The van der Waals surface area contributed by atoms with Gasteiger partial charge in [0.25, 0.3) is 0 Å². The molecule has 7 nitrogen and oxygen atoms in total. The fraction of sp³-hybridized carbons (Fsp3) is 0.294. The summed E-state index contributed by atoms with van der Waals surface area (Å²) < 4.78 is 0. The lowest BCUT2D eigenvalue weighted by Crippen LogP contribution is -2.34. The van der Waals surface area contributed by atoms with Gasteiger partial charge in [-0.15, -0.1) is 0 Å². The highest BCUT2D eigenvalue weighted by atomic mass is 16.1. The first-order chi connectivity index (χ1) is 11.7. The van der Waals surface area contributed by atoms with Gasteiger partial charge >= 0.3 is 0 Å². The highest BCUT2D eigenvalue weighted by molar-refractivity contribution is 5.94. The quantitative estimate of drug-likeness (QED) is 0.766. The molecule has 0 aliphatic carbocycles. The molecule has 1 fully saturated rings. The third kappa shape index (κ3) is 2.47. The molecular weight excluding hydrogens is 304 g/mol. The van der Waals surface area contributed by atoms with Gasteiger partial charge in [-0.25, -0.2) is 15.0 Å². The molecule has 7 heteroatoms. The number of amides is 1. The Kier molecular flexibility index (Phi) is 3.60. The largest absolute Gasteiger partial charge is 0.366 e. The van der Waals surface area contributed by atoms with E-state index in [9.17, 15) is 4.79 Å². The fourth-order valence-electron chi connectivity index (χ4n) is 3.47. The number of fused-ring (bicyclic) bond motifs is 1. The first-order valence-electron chi connectivity index (χ1n) is 8.02. The number of anilines is 1. The Morgan fingerprint density at radius 1 is 1.17 bits per heavy atom. The lowest BCUT2D eigenvalue weighted by atomic mass is 9.86. The van der Waals surface area contributed by atoms with Crippen LogP contribution in [0, 0.1) is 0 Å². The first-order valence-corrected chi connectivity index (χ1v) is 8.02. The number of primary amides is 1. The molecule has 0 unspecified atom stereocenters. The second-order valence-corrected chi connectivity index (χ2v) is 6.01. The summed E-state index contributed by atoms with van der Waals surface area (Å²) >= 11 is 0. The minimum Gasteiger partial charge on any atom is -0.366 e. The predicted octanol–water partition coefficient (Wildman–Crippen LogP) is 1.84. The van der Waals surface area contributed by atoms with Crippen LogP contribution in [0.2, 0.25) is 0 Å². The van der Waals surface area contributed by atoms with Crippen LogP contribution in [0.4, 0.5) is 5.82 Å². The molecule has 2 aromatic heterocycles. The summed E-state index contributed by atoms with van der Waals surface area (Å²) in [7, 11) is 0. The maximum atomic E-state index is 11.7. The molecule has 3 N–H and O–H groups in total. The van der Waals surface area contributed by atoms with E-state index in [0.29, 0.717) is 17.1 Å². The number of carbonyl (C=O) groups is 1. The zero-order valence-corrected chi connectivity index (χ0v) is 13.1. The number of hydrogen-bond donors (Lipinski definition) is 2. The van der Waals surface area contributed by atoms with Crippen LogP contribution in [0.15, 0.2) is 36.9 Å². The fourth-order valence-corrected chi connectivity index (χ4v) is 3.47. The maximum Gasteiger partial charge on any atom is 0.248 e. The molecule has 0 radical (unpaired) electrons. The molecule has 0 spiro atoms. The van der Waals surface area contributed by atoms with Gasteiger partial charge in [-0.2, -0.15) is 0 Å². The van der Waals surface area contributed by atoms with Crippen molar-refractivity contribution in [3.8, 4) is 0 Å². The Balaban J connectivity index is 1.55. The van der Waals surface area contributed by atoms with Crippen LogP contribution in [0.25, 0.3) is 11.2 Å². The maximum absolute atomic E-state index is 11.7. The molecular formula is C17H18N6O. The first kappa shape index (κ1) is 14.6. The Hall–Kier alpha value is -2.96. The minimum atomic E-state index is -0.358. The minimum absolute atomic E-state index is 0.337. The molecule has 24 heavy (non-hydrogen) atoms. The molecule has 1 aromatic carbocycles. The van der Waals surface area contributed by atoms with Crippen molar-refractivity contribution in [1.82, 2.24) is 19.9 Å². The van der Waals surface area contributed by atoms with Gasteiger partial charge < -0.3 is 15.6 Å². The molecule has 4 rings (SSSR count). The van der Waals surface area contributed by atoms with Gasteiger partial charge in [0.2, 0.25) is 5.91 Å². The van der Waals surface area contributed by atoms with Crippen LogP contribution in [0.5, 0.6) is 0 Å². The Morgan fingerprint density at radius 3 is 2.75 bits per heavy atom. The van der Waals surface area contributed by atoms with Crippen molar-refractivity contribution in [2.24, 2.45) is 5.73 Å². The Bertz CT molecular complexity index is 881. The standard InChI is InChI=1S/C17H18N6O/c18-15(24)13-4-2-1-3-12(13)11-5-7-23(8-6-11)17-14-16(20-9-19-14)21-10-22-17/h1-4,9-11H,5-8H2,(H2,18,24)(H,19,20,21,22). The van der Waals surface area contributed by atoms with Gasteiger partial charge in [-0.05, 0) is 30.4 Å². The topological polar surface area (TPSA) is 101 Å². The number of hydrogen-bond acceptors (Lipinski definition) is 5. The van der Waals surface area contributed by atoms with Gasteiger partial charge in [0, 0.05) is 18.7 Å². The molecule has 1 aliphatic heterocycles. The lowest BCUT2D eigenvalue weighted by Gasteiger charge is -2.33. The summed E-state index contributed by atoms with van der Waals surface area (Å²) in [6.07, 6.45) is 5.08. The van der Waals surface area contributed by atoms with Crippen molar-refractivity contribution in [3.63, 3.8) is 0 Å². The number of benzene rings is 1. The van der Waals surface area contributed by atoms with Crippen LogP contribution in [0.1, 0.15) is 34.7 Å². The number of carbonyl (C=O) groups excluding carboxylic acids is 1. The van der Waals surface area contributed by atoms with Crippen molar-refractivity contribution in [1.29, 1.82) is 0 Å². The van der Waals surface area contributed by atoms with Crippen molar-refractivity contribution < 1.29 is 4.79 Å². The van der Waals surface area contributed by atoms with Gasteiger partial charge in [-0.1, -0.05) is 18.2 Å². The zero-order valence-electron chi connectivity index (χ0n) is 13.1. The normalized spacial score (nSPS) is 15.8. The van der Waals surface area contributed by atoms with Gasteiger partial charge in [0.15, 0.2) is 11.5 Å². The SMILES string of the molecule is NC(=O)c1ccccc1C1CCN(c2ncnc3nc[nH]c23)CC1. The molecule has 1 aliphatic rings. The highest BCUT2D eigenvalue weighted by Crippen LogP contribution is 2.32. The number of rotatable bonds is 3. The molecule has 0 atom stereocenters. The van der Waals surface area contributed by atoms with E-state index in [1.165, 1.54) is 0 Å². The summed E-state index contributed by atoms with van der Waals surface area (Å²) in [6, 6.07) is 7.64. The molecule has 1 amide bonds. The van der Waals surface area contributed by atoms with Gasteiger partial charge in [-0.3, -0.25) is 4.79 Å². The van der Waals surface area contributed by atoms with E-state index in [-0.39, 0.29) is 5.91 Å². The lowest BCUT2D eigenvalue weighted by molar-refractivity contribution is 0.0998. The Morgan fingerprint density at radius 2 is 1.96 bits per heavy atom. The van der Waals surface area contributed by atoms with Crippen LogP contribution in [-0.2, 0) is 0 Å². The monoisotopic (exact) mass is 322 g/mol. The molecule has 3 heterocycles. The van der Waals surface area contributed by atoms with E-state index in [0.717, 1.165) is 42.8 Å². The second-order valence-electron chi connectivity index (χ2n) is 6.01. The van der Waals surface area contributed by atoms with E-state index >= 15 is 0 Å². The zero-order chi connectivity index (χ0) is 16.5. The van der Waals surface area contributed by atoms with Crippen molar-refractivity contribution in [2.45, 2.75) is 18.8 Å². The summed E-state index contributed by atoms with van der Waals surface area (Å²) in [6.45, 7) is 1.73. The summed E-state index contributed by atoms with van der Waals surface area (Å²) in [5.41, 5.74) is 8.75. The summed E-state index contributed by atoms with van der Waals surface area (Å²) in [5, 5.41) is 0. The average molecular weight is 322 g/mol. The number of nitrogens with one attached hydrogen (secondary N) is 1. The smallest absolute Gasteiger partial charge is 0.248 e. The van der Waals surface area contributed by atoms with Gasteiger partial charge in [0.1, 0.15) is 11.8 Å². The third-order valence-electron chi connectivity index (χ3n) is 4.66. The Labute approximate surface area is 138 Å². The number of aromatic nitrogens is 4. The van der Waals surface area contributed by atoms with Crippen LogP contribution >= 0.6 is 0 Å².